The van der Waals surface area contributed by atoms with Crippen LogP contribution in [0.5, 0.6) is 11.5 Å². The van der Waals surface area contributed by atoms with Crippen molar-refractivity contribution < 1.29 is 19.1 Å². The zero-order chi connectivity index (χ0) is 27.4. The number of benzene rings is 4. The van der Waals surface area contributed by atoms with Crippen LogP contribution in [0.2, 0.25) is 20.1 Å². The van der Waals surface area contributed by atoms with Crippen molar-refractivity contribution in [2.24, 2.45) is 0 Å². The fourth-order valence-corrected chi connectivity index (χ4v) is 4.96. The van der Waals surface area contributed by atoms with Gasteiger partial charge in [0.1, 0.15) is 11.5 Å². The third-order valence-electron chi connectivity index (χ3n) is 6.41. The van der Waals surface area contributed by atoms with E-state index in [1.54, 1.807) is 36.4 Å². The number of carbonyl (C=O) groups excluding carboxylic acids is 2. The Morgan fingerprint density at radius 3 is 1.32 bits per heavy atom. The van der Waals surface area contributed by atoms with Gasteiger partial charge in [-0.15, -0.1) is 0 Å². The maximum Gasteiger partial charge on any atom is 0.345 e. The Morgan fingerprint density at radius 1 is 0.632 bits per heavy atom. The second-order valence-electron chi connectivity index (χ2n) is 8.76. The third-order valence-corrected chi connectivity index (χ3v) is 7.51. The molecule has 0 N–H and O–H groups in total. The van der Waals surface area contributed by atoms with Gasteiger partial charge in [-0.25, -0.2) is 9.59 Å². The molecule has 4 aromatic carbocycles. The smallest absolute Gasteiger partial charge is 0.345 e. The highest BCUT2D eigenvalue weighted by atomic mass is 35.5. The van der Waals surface area contributed by atoms with E-state index >= 15 is 0 Å². The molecule has 0 aliphatic heterocycles. The highest BCUT2D eigenvalue weighted by Gasteiger charge is 2.27. The molecule has 0 aliphatic carbocycles. The van der Waals surface area contributed by atoms with Crippen LogP contribution in [0.15, 0.2) is 84.9 Å². The van der Waals surface area contributed by atoms with Crippen LogP contribution in [-0.4, -0.2) is 11.9 Å². The lowest BCUT2D eigenvalue weighted by molar-refractivity contribution is 0.0725. The van der Waals surface area contributed by atoms with Crippen LogP contribution in [0, 0.1) is 0 Å². The Labute approximate surface area is 241 Å². The maximum atomic E-state index is 12.5. The average Bonchev–Trinajstić information content (AvgIpc) is 2.89. The van der Waals surface area contributed by atoms with Crippen molar-refractivity contribution in [2.75, 3.05) is 0 Å². The second kappa shape index (κ2) is 11.8. The maximum absolute atomic E-state index is 12.5. The van der Waals surface area contributed by atoms with Gasteiger partial charge in [0.05, 0.1) is 21.2 Å². The summed E-state index contributed by atoms with van der Waals surface area (Å²) in [7, 11) is 0. The SMILES string of the molecule is CCC(C)(c1ccc(OC(=O)c2ccc(Cl)cc2Cl)cc1)c1ccc(OC(=O)c2ccc(Cl)cc2Cl)cc1. The van der Waals surface area contributed by atoms with Crippen molar-refractivity contribution in [3.63, 3.8) is 0 Å². The van der Waals surface area contributed by atoms with Crippen LogP contribution in [-0.2, 0) is 5.41 Å². The summed E-state index contributed by atoms with van der Waals surface area (Å²) in [6.45, 7) is 4.21. The van der Waals surface area contributed by atoms with E-state index in [0.717, 1.165) is 17.5 Å². The zero-order valence-corrected chi connectivity index (χ0v) is 23.5. The first-order valence-electron chi connectivity index (χ1n) is 11.7. The molecule has 0 bridgehead atoms. The molecule has 0 saturated heterocycles. The number of carbonyl (C=O) groups is 2. The summed E-state index contributed by atoms with van der Waals surface area (Å²) in [6.07, 6.45) is 0.798. The van der Waals surface area contributed by atoms with Crippen molar-refractivity contribution in [1.29, 1.82) is 0 Å². The number of rotatable bonds is 7. The topological polar surface area (TPSA) is 52.6 Å². The van der Waals surface area contributed by atoms with Crippen LogP contribution in [0.25, 0.3) is 0 Å². The Balaban J connectivity index is 1.48. The lowest BCUT2D eigenvalue weighted by atomic mass is 9.74. The van der Waals surface area contributed by atoms with Crippen molar-refractivity contribution in [1.82, 2.24) is 0 Å². The number of hydrogen-bond donors (Lipinski definition) is 0. The van der Waals surface area contributed by atoms with E-state index in [-0.39, 0.29) is 26.6 Å². The number of esters is 2. The number of ether oxygens (including phenoxy) is 2. The Morgan fingerprint density at radius 2 is 1.00 bits per heavy atom. The third kappa shape index (κ3) is 6.16. The summed E-state index contributed by atoms with van der Waals surface area (Å²) in [5.74, 6) is -0.344. The predicted octanol–water partition coefficient (Wildman–Crippen LogP) is 9.45. The molecule has 0 saturated carbocycles. The van der Waals surface area contributed by atoms with E-state index in [2.05, 4.69) is 13.8 Å². The van der Waals surface area contributed by atoms with Crippen LogP contribution in [0.4, 0.5) is 0 Å². The molecule has 4 aromatic rings. The van der Waals surface area contributed by atoms with E-state index in [1.807, 2.05) is 24.3 Å². The highest BCUT2D eigenvalue weighted by Crippen LogP contribution is 2.37. The van der Waals surface area contributed by atoms with Gasteiger partial charge in [-0.1, -0.05) is 84.5 Å². The minimum absolute atomic E-state index is 0.225. The molecule has 0 atom stereocenters. The van der Waals surface area contributed by atoms with Crippen molar-refractivity contribution in [3.05, 3.63) is 127 Å². The monoisotopic (exact) mass is 586 g/mol. The summed E-state index contributed by atoms with van der Waals surface area (Å²) < 4.78 is 11.0. The van der Waals surface area contributed by atoms with Crippen LogP contribution >= 0.6 is 46.4 Å². The van der Waals surface area contributed by atoms with Crippen molar-refractivity contribution >= 4 is 58.3 Å². The first kappa shape index (κ1) is 28.0. The molecule has 0 spiro atoms. The molecule has 0 unspecified atom stereocenters. The molecule has 4 nitrogen and oxygen atoms in total. The van der Waals surface area contributed by atoms with E-state index < -0.39 is 11.9 Å². The molecule has 0 aliphatic rings. The van der Waals surface area contributed by atoms with Gasteiger partial charge in [-0.05, 0) is 78.2 Å². The molecule has 0 radical (unpaired) electrons. The first-order chi connectivity index (χ1) is 18.1. The average molecular weight is 588 g/mol. The Hall–Kier alpha value is -3.02. The minimum Gasteiger partial charge on any atom is -0.423 e. The van der Waals surface area contributed by atoms with Gasteiger partial charge >= 0.3 is 11.9 Å². The highest BCUT2D eigenvalue weighted by molar-refractivity contribution is 6.37. The zero-order valence-electron chi connectivity index (χ0n) is 20.4. The van der Waals surface area contributed by atoms with E-state index in [9.17, 15) is 9.59 Å². The molecular formula is C30H22Cl4O4. The van der Waals surface area contributed by atoms with Crippen molar-refractivity contribution in [3.8, 4) is 11.5 Å². The fourth-order valence-electron chi connectivity index (χ4n) is 3.99. The second-order valence-corrected chi connectivity index (χ2v) is 10.4. The van der Waals surface area contributed by atoms with E-state index in [1.165, 1.54) is 24.3 Å². The fraction of sp³-hybridized carbons (Fsp3) is 0.133. The molecule has 0 amide bonds. The molecular weight excluding hydrogens is 566 g/mol. The Kier molecular flexibility index (Phi) is 8.69. The predicted molar refractivity (Wildman–Crippen MR) is 152 cm³/mol. The summed E-state index contributed by atoms with van der Waals surface area (Å²) in [5, 5.41) is 1.32. The van der Waals surface area contributed by atoms with Gasteiger partial charge in [0.25, 0.3) is 0 Å². The lowest BCUT2D eigenvalue weighted by Gasteiger charge is -2.30. The van der Waals surface area contributed by atoms with Gasteiger partial charge in [0.2, 0.25) is 0 Å². The van der Waals surface area contributed by atoms with Crippen LogP contribution < -0.4 is 9.47 Å². The van der Waals surface area contributed by atoms with Crippen molar-refractivity contribution in [2.45, 2.75) is 25.7 Å². The molecule has 194 valence electrons. The van der Waals surface area contributed by atoms with Crippen LogP contribution in [0.1, 0.15) is 52.1 Å². The minimum atomic E-state index is -0.567. The molecule has 4 rings (SSSR count). The summed E-state index contributed by atoms with van der Waals surface area (Å²) in [5.41, 5.74) is 2.18. The normalized spacial score (nSPS) is 11.2. The number of hydrogen-bond acceptors (Lipinski definition) is 4. The molecule has 0 aromatic heterocycles. The van der Waals surface area contributed by atoms with E-state index in [0.29, 0.717) is 21.5 Å². The summed E-state index contributed by atoms with van der Waals surface area (Å²) in [4.78, 5) is 25.1. The van der Waals surface area contributed by atoms with Gasteiger partial charge in [0.15, 0.2) is 0 Å². The lowest BCUT2D eigenvalue weighted by Crippen LogP contribution is -2.22. The molecule has 0 fully saturated rings. The van der Waals surface area contributed by atoms with Gasteiger partial charge in [0, 0.05) is 15.5 Å². The van der Waals surface area contributed by atoms with Gasteiger partial charge in [-0.2, -0.15) is 0 Å². The van der Waals surface area contributed by atoms with Gasteiger partial charge in [-0.3, -0.25) is 0 Å². The summed E-state index contributed by atoms with van der Waals surface area (Å²) >= 11 is 24.1. The molecule has 0 heterocycles. The molecule has 38 heavy (non-hydrogen) atoms. The largest absolute Gasteiger partial charge is 0.423 e. The standard InChI is InChI=1S/C30H22Cl4O4/c1-3-30(2,18-4-10-22(11-5-18)37-28(35)24-14-8-20(31)16-26(24)33)19-6-12-23(13-7-19)38-29(36)25-15-9-21(32)17-27(25)34/h4-17H,3H2,1-2H3. The van der Waals surface area contributed by atoms with E-state index in [4.69, 9.17) is 55.9 Å². The number of halogens is 4. The van der Waals surface area contributed by atoms with Gasteiger partial charge < -0.3 is 9.47 Å². The quantitative estimate of drug-likeness (QED) is 0.160. The molecule has 8 heteroatoms. The Bertz CT molecular complexity index is 1370. The van der Waals surface area contributed by atoms with Crippen LogP contribution in [0.3, 0.4) is 0 Å². The first-order valence-corrected chi connectivity index (χ1v) is 13.2. The summed E-state index contributed by atoms with van der Waals surface area (Å²) in [6, 6.07) is 23.9.